The van der Waals surface area contributed by atoms with Gasteiger partial charge in [0.1, 0.15) is 0 Å². The maximum atomic E-state index is 4.89. The first-order chi connectivity index (χ1) is 5.63. The predicted molar refractivity (Wildman–Crippen MR) is 52.7 cm³/mol. The molecule has 1 aliphatic carbocycles. The second-order valence-electron chi connectivity index (χ2n) is 2.89. The number of hydrogen-bond donors (Lipinski definition) is 0. The average molecular weight is 240 g/mol. The van der Waals surface area contributed by atoms with Gasteiger partial charge in [0.05, 0.1) is 0 Å². The second-order valence-corrected chi connectivity index (χ2v) is 5.47. The normalized spacial score (nSPS) is 15.7. The molecule has 0 atom stereocenters. The molecule has 0 aromatic rings. The van der Waals surface area contributed by atoms with Gasteiger partial charge in [-0.15, -0.1) is 0 Å². The van der Waals surface area contributed by atoms with E-state index in [9.17, 15) is 0 Å². The number of allylic oxidation sites excluding steroid dienone is 4. The van der Waals surface area contributed by atoms with Gasteiger partial charge in [-0.05, 0) is 5.92 Å². The molecule has 0 fully saturated rings. The summed E-state index contributed by atoms with van der Waals surface area (Å²) in [6, 6.07) is 0. The Morgan fingerprint density at radius 2 is 1.83 bits per heavy atom. The van der Waals surface area contributed by atoms with E-state index in [0.717, 1.165) is 0 Å². The first kappa shape index (κ1) is 12.8. The van der Waals surface area contributed by atoms with Crippen molar-refractivity contribution in [3.63, 3.8) is 0 Å². The van der Waals surface area contributed by atoms with Crippen molar-refractivity contribution >= 4 is 18.6 Å². The van der Waals surface area contributed by atoms with E-state index >= 15 is 0 Å². The van der Waals surface area contributed by atoms with Crippen LogP contribution in [0.25, 0.3) is 0 Å². The van der Waals surface area contributed by atoms with Crippen LogP contribution in [0.15, 0.2) is 23.8 Å². The molecule has 1 radical (unpaired) electrons. The Bertz CT molecular complexity index is 173. The summed E-state index contributed by atoms with van der Waals surface area (Å²) in [6.45, 7) is 6.61. The van der Waals surface area contributed by atoms with Gasteiger partial charge in [-0.25, -0.2) is 0 Å². The molecule has 1 rings (SSSR count). The molecule has 67 valence electrons. The van der Waals surface area contributed by atoms with Crippen molar-refractivity contribution in [3.05, 3.63) is 29.7 Å². The summed E-state index contributed by atoms with van der Waals surface area (Å²) in [5, 5.41) is 0. The summed E-state index contributed by atoms with van der Waals surface area (Å²) in [4.78, 5) is 0. The van der Waals surface area contributed by atoms with Crippen molar-refractivity contribution in [1.29, 1.82) is 0 Å². The third-order valence-electron chi connectivity index (χ3n) is 1.70. The van der Waals surface area contributed by atoms with Gasteiger partial charge in [-0.2, -0.15) is 0 Å². The SMILES string of the molecule is C[C]1C=CC=C1C(C)C.[Cl][Ti][Cl]. The maximum absolute atomic E-state index is 4.89. The third kappa shape index (κ3) is 4.72. The summed E-state index contributed by atoms with van der Waals surface area (Å²) >= 11 is -0.556. The Morgan fingerprint density at radius 1 is 1.33 bits per heavy atom. The zero-order valence-corrected chi connectivity index (χ0v) is 10.6. The van der Waals surface area contributed by atoms with E-state index in [1.54, 1.807) is 0 Å². The fourth-order valence-corrected chi connectivity index (χ4v) is 1.17. The van der Waals surface area contributed by atoms with Crippen molar-refractivity contribution in [2.45, 2.75) is 20.8 Å². The Hall–Kier alpha value is 0.774. The molecule has 12 heavy (non-hydrogen) atoms. The monoisotopic (exact) mass is 239 g/mol. The van der Waals surface area contributed by atoms with Crippen molar-refractivity contribution in [1.82, 2.24) is 0 Å². The molecule has 0 saturated carbocycles. The van der Waals surface area contributed by atoms with Crippen LogP contribution < -0.4 is 0 Å². The van der Waals surface area contributed by atoms with E-state index < -0.39 is 17.0 Å². The van der Waals surface area contributed by atoms with Crippen molar-refractivity contribution in [3.8, 4) is 0 Å². The molecule has 0 spiro atoms. The summed E-state index contributed by atoms with van der Waals surface area (Å²) < 4.78 is 0. The van der Waals surface area contributed by atoms with Crippen molar-refractivity contribution < 1.29 is 17.0 Å². The summed E-state index contributed by atoms with van der Waals surface area (Å²) in [5.41, 5.74) is 1.48. The van der Waals surface area contributed by atoms with E-state index in [-0.39, 0.29) is 0 Å². The Kier molecular flexibility index (Phi) is 7.67. The van der Waals surface area contributed by atoms with Crippen LogP contribution in [0.3, 0.4) is 0 Å². The van der Waals surface area contributed by atoms with Crippen LogP contribution in [0.1, 0.15) is 20.8 Å². The molecule has 0 nitrogen and oxygen atoms in total. The van der Waals surface area contributed by atoms with E-state index in [1.807, 2.05) is 0 Å². The van der Waals surface area contributed by atoms with Gasteiger partial charge < -0.3 is 0 Å². The topological polar surface area (TPSA) is 0 Å². The van der Waals surface area contributed by atoms with Crippen LogP contribution in [-0.4, -0.2) is 0 Å². The zero-order chi connectivity index (χ0) is 9.56. The minimum absolute atomic E-state index is 0.556. The molecule has 0 N–H and O–H groups in total. The predicted octanol–water partition coefficient (Wildman–Crippen LogP) is 4.11. The third-order valence-corrected chi connectivity index (χ3v) is 1.70. The van der Waals surface area contributed by atoms with E-state index in [1.165, 1.54) is 11.5 Å². The fraction of sp³-hybridized carbons (Fsp3) is 0.444. The molecule has 0 aromatic carbocycles. The van der Waals surface area contributed by atoms with Crippen LogP contribution in [0.4, 0.5) is 0 Å². The first-order valence-electron chi connectivity index (χ1n) is 3.82. The Balaban J connectivity index is 0.000000354. The average Bonchev–Trinajstić information content (AvgIpc) is 2.36. The fourth-order valence-electron chi connectivity index (χ4n) is 1.17. The summed E-state index contributed by atoms with van der Waals surface area (Å²) in [5.74, 6) is 2.10. The van der Waals surface area contributed by atoms with Crippen LogP contribution in [0, 0.1) is 11.8 Å². The van der Waals surface area contributed by atoms with Gasteiger partial charge in [0.15, 0.2) is 0 Å². The summed E-state index contributed by atoms with van der Waals surface area (Å²) in [7, 11) is 9.78. The van der Waals surface area contributed by atoms with Crippen LogP contribution >= 0.6 is 18.6 Å². The molecule has 1 aliphatic rings. The minimum atomic E-state index is -0.556. The molecule has 3 heteroatoms. The molecule has 0 saturated heterocycles. The van der Waals surface area contributed by atoms with Gasteiger partial charge in [0, 0.05) is 5.92 Å². The number of rotatable bonds is 1. The van der Waals surface area contributed by atoms with Gasteiger partial charge in [0.25, 0.3) is 0 Å². The van der Waals surface area contributed by atoms with Gasteiger partial charge in [0.2, 0.25) is 0 Å². The van der Waals surface area contributed by atoms with E-state index in [0.29, 0.717) is 5.92 Å². The van der Waals surface area contributed by atoms with Crippen molar-refractivity contribution in [2.24, 2.45) is 5.92 Å². The Morgan fingerprint density at radius 3 is 2.00 bits per heavy atom. The van der Waals surface area contributed by atoms with Gasteiger partial charge >= 0.3 is 35.6 Å². The standard InChI is InChI=1S/C9H13.2ClH.Ti/c1-7(2)9-6-4-5-8(9)3;;;/h4-7H,1-3H3;2*1H;/q;;;+2/p-2. The van der Waals surface area contributed by atoms with Crippen LogP contribution in [0.2, 0.25) is 0 Å². The first-order valence-corrected chi connectivity index (χ1v) is 8.11. The molecule has 0 unspecified atom stereocenters. The van der Waals surface area contributed by atoms with E-state index in [2.05, 4.69) is 39.0 Å². The van der Waals surface area contributed by atoms with Crippen molar-refractivity contribution in [2.75, 3.05) is 0 Å². The molecule has 0 aliphatic heterocycles. The van der Waals surface area contributed by atoms with Crippen LogP contribution in [-0.2, 0) is 17.0 Å². The summed E-state index contributed by atoms with van der Waals surface area (Å²) in [6.07, 6.45) is 6.47. The second kappa shape index (κ2) is 7.20. The van der Waals surface area contributed by atoms with Crippen LogP contribution in [0.5, 0.6) is 0 Å². The van der Waals surface area contributed by atoms with Gasteiger partial charge in [-0.1, -0.05) is 44.6 Å². The molecule has 0 bridgehead atoms. The molecule has 0 aromatic heterocycles. The van der Waals surface area contributed by atoms with Gasteiger partial charge in [-0.3, -0.25) is 0 Å². The molecule has 0 amide bonds. The molecular formula is C9H13Cl2Ti. The number of hydrogen-bond acceptors (Lipinski definition) is 0. The molecule has 0 heterocycles. The Labute approximate surface area is 91.7 Å². The number of halogens is 2. The quantitative estimate of drug-likeness (QED) is 0.605. The zero-order valence-electron chi connectivity index (χ0n) is 7.57. The molecular weight excluding hydrogens is 227 g/mol. The van der Waals surface area contributed by atoms with E-state index in [4.69, 9.17) is 18.6 Å².